The van der Waals surface area contributed by atoms with Crippen molar-refractivity contribution in [2.45, 2.75) is 25.8 Å². The first-order valence-electron chi connectivity index (χ1n) is 5.13. The third-order valence-electron chi connectivity index (χ3n) is 1.89. The van der Waals surface area contributed by atoms with E-state index in [0.717, 1.165) is 0 Å². The summed E-state index contributed by atoms with van der Waals surface area (Å²) in [5, 5.41) is 16.6. The highest BCUT2D eigenvalue weighted by Gasteiger charge is 2.27. The summed E-state index contributed by atoms with van der Waals surface area (Å²) < 4.78 is 0.340. The third kappa shape index (κ3) is 7.32. The minimum absolute atomic E-state index is 0.0316. The number of nitrogens with one attached hydrogen (secondary N) is 1. The van der Waals surface area contributed by atoms with Crippen LogP contribution < -0.4 is 11.5 Å². The number of nitrogens with two attached hydrogens (primary N) is 2. The molecule has 0 saturated heterocycles. The molecule has 1 aromatic heterocycles. The SMILES string of the molecule is CCC(C(=O)Cc1cnc(Cl)s1)[N+](=O)[O-].N=C(N)N. The molecule has 0 bridgehead atoms. The Morgan fingerprint density at radius 1 is 1.68 bits per heavy atom. The van der Waals surface area contributed by atoms with Crippen LogP contribution in [0.2, 0.25) is 4.47 Å². The summed E-state index contributed by atoms with van der Waals surface area (Å²) in [4.78, 5) is 25.9. The second-order valence-electron chi connectivity index (χ2n) is 3.39. The van der Waals surface area contributed by atoms with Crippen LogP contribution in [0, 0.1) is 15.5 Å². The van der Waals surface area contributed by atoms with Gasteiger partial charge in [0.05, 0.1) is 0 Å². The van der Waals surface area contributed by atoms with Gasteiger partial charge < -0.3 is 11.5 Å². The van der Waals surface area contributed by atoms with E-state index in [1.807, 2.05) is 0 Å². The fraction of sp³-hybridized carbons (Fsp3) is 0.444. The predicted octanol–water partition coefficient (Wildman–Crippen LogP) is 0.802. The van der Waals surface area contributed by atoms with Gasteiger partial charge in [-0.2, -0.15) is 0 Å². The number of hydrogen-bond donors (Lipinski definition) is 3. The highest BCUT2D eigenvalue weighted by atomic mass is 35.5. The summed E-state index contributed by atoms with van der Waals surface area (Å²) in [6, 6.07) is -1.12. The number of guanidine groups is 1. The van der Waals surface area contributed by atoms with E-state index in [1.54, 1.807) is 6.92 Å². The smallest absolute Gasteiger partial charge is 0.270 e. The maximum atomic E-state index is 11.5. The van der Waals surface area contributed by atoms with E-state index in [9.17, 15) is 14.9 Å². The van der Waals surface area contributed by atoms with Gasteiger partial charge in [-0.15, -0.1) is 11.3 Å². The number of halogens is 1. The Morgan fingerprint density at radius 3 is 2.53 bits per heavy atom. The van der Waals surface area contributed by atoms with Gasteiger partial charge in [0.1, 0.15) is 0 Å². The lowest BCUT2D eigenvalue weighted by atomic mass is 10.1. The average molecular weight is 308 g/mol. The van der Waals surface area contributed by atoms with Gasteiger partial charge in [0.25, 0.3) is 6.04 Å². The molecule has 8 nitrogen and oxygen atoms in total. The molecule has 1 heterocycles. The number of hydrogen-bond acceptors (Lipinski definition) is 6. The number of carbonyl (C=O) groups excluding carboxylic acids is 1. The fourth-order valence-electron chi connectivity index (χ4n) is 1.15. The fourth-order valence-corrected chi connectivity index (χ4v) is 2.14. The van der Waals surface area contributed by atoms with Crippen LogP contribution in [0.4, 0.5) is 0 Å². The number of nitrogens with zero attached hydrogens (tertiary/aromatic N) is 2. The van der Waals surface area contributed by atoms with Crippen molar-refractivity contribution in [2.24, 2.45) is 11.5 Å². The standard InChI is InChI=1S/C8H9ClN2O3S.CH5N3/c1-2-6(11(13)14)7(12)3-5-4-10-8(9)15-5;2-1(3)4/h4,6H,2-3H2,1H3;(H5,2,3,4). The Kier molecular flexibility index (Phi) is 7.61. The molecular weight excluding hydrogens is 294 g/mol. The van der Waals surface area contributed by atoms with E-state index < -0.39 is 16.7 Å². The van der Waals surface area contributed by atoms with Crippen LogP contribution in [0.25, 0.3) is 0 Å². The molecular formula is C9H14ClN5O3S. The lowest BCUT2D eigenvalue weighted by Crippen LogP contribution is -2.29. The molecule has 1 aromatic rings. The van der Waals surface area contributed by atoms with Gasteiger partial charge in [0, 0.05) is 28.8 Å². The average Bonchev–Trinajstić information content (AvgIpc) is 2.63. The summed E-state index contributed by atoms with van der Waals surface area (Å²) in [5.74, 6) is -0.734. The summed E-state index contributed by atoms with van der Waals surface area (Å²) in [6.07, 6.45) is 1.71. The lowest BCUT2D eigenvalue weighted by molar-refractivity contribution is -0.507. The van der Waals surface area contributed by atoms with Crippen molar-refractivity contribution in [3.05, 3.63) is 25.7 Å². The number of Topliss-reactive ketones (excluding diaryl/α,β-unsaturated/α-hetero) is 1. The quantitative estimate of drug-likeness (QED) is 0.317. The third-order valence-corrected chi connectivity index (χ3v) is 3.00. The Morgan fingerprint density at radius 2 is 2.21 bits per heavy atom. The number of nitro groups is 1. The zero-order valence-corrected chi connectivity index (χ0v) is 11.7. The number of aromatic nitrogens is 1. The van der Waals surface area contributed by atoms with Crippen LogP contribution in [0.1, 0.15) is 18.2 Å². The highest BCUT2D eigenvalue weighted by molar-refractivity contribution is 7.15. The molecule has 0 aliphatic carbocycles. The first kappa shape index (κ1) is 17.3. The second-order valence-corrected chi connectivity index (χ2v) is 5.08. The molecule has 19 heavy (non-hydrogen) atoms. The Balaban J connectivity index is 0.000000711. The molecule has 0 amide bonds. The van der Waals surface area contributed by atoms with Crippen molar-refractivity contribution in [2.75, 3.05) is 0 Å². The first-order valence-corrected chi connectivity index (χ1v) is 6.33. The van der Waals surface area contributed by atoms with Crippen LogP contribution in [-0.4, -0.2) is 27.7 Å². The molecule has 0 aliphatic rings. The molecule has 1 atom stereocenters. The monoisotopic (exact) mass is 307 g/mol. The van der Waals surface area contributed by atoms with Crippen molar-refractivity contribution in [3.8, 4) is 0 Å². The van der Waals surface area contributed by atoms with Gasteiger partial charge in [0.2, 0.25) is 5.78 Å². The van der Waals surface area contributed by atoms with E-state index >= 15 is 0 Å². The first-order chi connectivity index (χ1) is 8.77. The predicted molar refractivity (Wildman–Crippen MR) is 73.0 cm³/mol. The van der Waals surface area contributed by atoms with Gasteiger partial charge in [0.15, 0.2) is 10.4 Å². The van der Waals surface area contributed by atoms with Crippen LogP contribution in [0.15, 0.2) is 6.20 Å². The van der Waals surface area contributed by atoms with E-state index in [0.29, 0.717) is 9.34 Å². The maximum absolute atomic E-state index is 11.5. The molecule has 5 N–H and O–H groups in total. The zero-order valence-electron chi connectivity index (χ0n) is 10.1. The van der Waals surface area contributed by atoms with Crippen LogP contribution in [-0.2, 0) is 11.2 Å². The molecule has 0 saturated carbocycles. The molecule has 106 valence electrons. The number of thiazole rings is 1. The van der Waals surface area contributed by atoms with Crippen LogP contribution >= 0.6 is 22.9 Å². The Hall–Kier alpha value is -1.74. The van der Waals surface area contributed by atoms with E-state index in [-0.39, 0.29) is 18.8 Å². The normalized spacial score (nSPS) is 11.1. The second kappa shape index (κ2) is 8.38. The van der Waals surface area contributed by atoms with E-state index in [4.69, 9.17) is 17.0 Å². The number of ketones is 1. The molecule has 0 radical (unpaired) electrons. The largest absolute Gasteiger partial charge is 0.370 e. The molecule has 10 heteroatoms. The van der Waals surface area contributed by atoms with Gasteiger partial charge in [-0.25, -0.2) is 4.98 Å². The van der Waals surface area contributed by atoms with Gasteiger partial charge in [-0.05, 0) is 0 Å². The number of rotatable bonds is 5. The van der Waals surface area contributed by atoms with Crippen LogP contribution in [0.3, 0.4) is 0 Å². The topological polar surface area (TPSA) is 149 Å². The molecule has 1 rings (SSSR count). The Bertz CT molecular complexity index is 460. The van der Waals surface area contributed by atoms with Gasteiger partial charge in [-0.1, -0.05) is 18.5 Å². The van der Waals surface area contributed by atoms with Crippen molar-refractivity contribution in [1.82, 2.24) is 4.98 Å². The molecule has 0 fully saturated rings. The van der Waals surface area contributed by atoms with E-state index in [2.05, 4.69) is 16.5 Å². The van der Waals surface area contributed by atoms with Crippen molar-refractivity contribution in [1.29, 1.82) is 5.41 Å². The summed E-state index contributed by atoms with van der Waals surface area (Å²) in [7, 11) is 0. The van der Waals surface area contributed by atoms with E-state index in [1.165, 1.54) is 17.5 Å². The number of carbonyl (C=O) groups is 1. The minimum atomic E-state index is -1.12. The Labute approximate surface area is 118 Å². The van der Waals surface area contributed by atoms with Crippen molar-refractivity contribution in [3.63, 3.8) is 0 Å². The van der Waals surface area contributed by atoms with Crippen molar-refractivity contribution < 1.29 is 9.72 Å². The summed E-state index contributed by atoms with van der Waals surface area (Å²) in [5.41, 5.74) is 8.94. The zero-order chi connectivity index (χ0) is 15.0. The summed E-state index contributed by atoms with van der Waals surface area (Å²) >= 11 is 6.75. The minimum Gasteiger partial charge on any atom is -0.370 e. The summed E-state index contributed by atoms with van der Waals surface area (Å²) in [6.45, 7) is 1.62. The highest BCUT2D eigenvalue weighted by Crippen LogP contribution is 2.19. The van der Waals surface area contributed by atoms with Gasteiger partial charge in [-0.3, -0.25) is 20.3 Å². The molecule has 0 aliphatic heterocycles. The van der Waals surface area contributed by atoms with Gasteiger partial charge >= 0.3 is 0 Å². The lowest BCUT2D eigenvalue weighted by Gasteiger charge is -2.03. The molecule has 0 spiro atoms. The van der Waals surface area contributed by atoms with Crippen molar-refractivity contribution >= 4 is 34.7 Å². The molecule has 0 aromatic carbocycles. The molecule has 1 unspecified atom stereocenters. The van der Waals surface area contributed by atoms with Crippen LogP contribution in [0.5, 0.6) is 0 Å². The maximum Gasteiger partial charge on any atom is 0.270 e.